The number of nitrogens with two attached hydrogens (primary N) is 1. The summed E-state index contributed by atoms with van der Waals surface area (Å²) in [5.74, 6) is 0.720. The summed E-state index contributed by atoms with van der Waals surface area (Å²) >= 11 is 5.90. The lowest BCUT2D eigenvalue weighted by molar-refractivity contribution is 0.415. The first-order valence-corrected chi connectivity index (χ1v) is 8.34. The first kappa shape index (κ1) is 15.6. The van der Waals surface area contributed by atoms with Gasteiger partial charge in [-0.05, 0) is 24.0 Å². The van der Waals surface area contributed by atoms with E-state index in [0.717, 1.165) is 11.3 Å². The van der Waals surface area contributed by atoms with Crippen LogP contribution in [0.5, 0.6) is 0 Å². The molecule has 1 heterocycles. The molecule has 0 aliphatic rings. The lowest BCUT2D eigenvalue weighted by Crippen LogP contribution is -2.29. The summed E-state index contributed by atoms with van der Waals surface area (Å²) in [4.78, 5) is 0.833. The zero-order valence-corrected chi connectivity index (χ0v) is 13.1. The SMILES string of the molecule is CC(C)C(C)CNS(=O)(=O)c1ccc(C(N)=S)s1. The minimum Gasteiger partial charge on any atom is -0.389 e. The highest BCUT2D eigenvalue weighted by Gasteiger charge is 2.19. The van der Waals surface area contributed by atoms with E-state index < -0.39 is 10.0 Å². The summed E-state index contributed by atoms with van der Waals surface area (Å²) in [5, 5.41) is 0. The van der Waals surface area contributed by atoms with Crippen LogP contribution in [-0.4, -0.2) is 20.0 Å². The van der Waals surface area contributed by atoms with Gasteiger partial charge in [0, 0.05) is 6.54 Å². The molecule has 0 fully saturated rings. The second-order valence-corrected chi connectivity index (χ2v) is 8.07. The Morgan fingerprint density at radius 2 is 2.06 bits per heavy atom. The highest BCUT2D eigenvalue weighted by Crippen LogP contribution is 2.21. The van der Waals surface area contributed by atoms with Gasteiger partial charge in [-0.15, -0.1) is 11.3 Å². The van der Waals surface area contributed by atoms with Crippen molar-refractivity contribution in [3.05, 3.63) is 17.0 Å². The molecular weight excluding hydrogens is 288 g/mol. The maximum Gasteiger partial charge on any atom is 0.250 e. The van der Waals surface area contributed by atoms with Crippen LogP contribution in [0.2, 0.25) is 0 Å². The van der Waals surface area contributed by atoms with Gasteiger partial charge in [-0.25, -0.2) is 13.1 Å². The second kappa shape index (κ2) is 6.10. The fourth-order valence-corrected chi connectivity index (χ4v) is 3.68. The second-order valence-electron chi connectivity index (χ2n) is 4.56. The summed E-state index contributed by atoms with van der Waals surface area (Å²) in [5.41, 5.74) is 5.46. The third-order valence-corrected chi connectivity index (χ3v) is 6.21. The van der Waals surface area contributed by atoms with E-state index >= 15 is 0 Å². The molecule has 0 radical (unpaired) electrons. The first-order valence-electron chi connectivity index (χ1n) is 5.63. The van der Waals surface area contributed by atoms with E-state index in [1.54, 1.807) is 6.07 Å². The highest BCUT2D eigenvalue weighted by molar-refractivity contribution is 7.91. The van der Waals surface area contributed by atoms with E-state index in [1.165, 1.54) is 6.07 Å². The van der Waals surface area contributed by atoms with E-state index in [2.05, 4.69) is 18.6 Å². The maximum absolute atomic E-state index is 12.0. The van der Waals surface area contributed by atoms with Crippen molar-refractivity contribution >= 4 is 38.6 Å². The molecule has 18 heavy (non-hydrogen) atoms. The van der Waals surface area contributed by atoms with E-state index in [9.17, 15) is 8.42 Å². The molecule has 4 nitrogen and oxygen atoms in total. The van der Waals surface area contributed by atoms with Gasteiger partial charge in [0.15, 0.2) is 0 Å². The van der Waals surface area contributed by atoms with Gasteiger partial charge in [-0.3, -0.25) is 0 Å². The molecule has 0 aliphatic heterocycles. The van der Waals surface area contributed by atoms with Crippen LogP contribution in [0.4, 0.5) is 0 Å². The van der Waals surface area contributed by atoms with Crippen LogP contribution in [0.25, 0.3) is 0 Å². The molecular formula is C11H18N2O2S3. The van der Waals surface area contributed by atoms with Crippen molar-refractivity contribution in [2.45, 2.75) is 25.0 Å². The van der Waals surface area contributed by atoms with Gasteiger partial charge in [-0.2, -0.15) is 0 Å². The van der Waals surface area contributed by atoms with Gasteiger partial charge >= 0.3 is 0 Å². The van der Waals surface area contributed by atoms with Gasteiger partial charge in [0.05, 0.1) is 4.88 Å². The molecule has 0 spiro atoms. The van der Waals surface area contributed by atoms with E-state index in [0.29, 0.717) is 17.3 Å². The highest BCUT2D eigenvalue weighted by atomic mass is 32.2. The van der Waals surface area contributed by atoms with Gasteiger partial charge in [-0.1, -0.05) is 33.0 Å². The molecule has 0 amide bonds. The van der Waals surface area contributed by atoms with Gasteiger partial charge < -0.3 is 5.73 Å². The van der Waals surface area contributed by atoms with Crippen molar-refractivity contribution in [3.63, 3.8) is 0 Å². The average Bonchev–Trinajstić information content (AvgIpc) is 2.75. The fraction of sp³-hybridized carbons (Fsp3) is 0.545. The molecule has 0 saturated carbocycles. The number of rotatable bonds is 6. The van der Waals surface area contributed by atoms with Crippen LogP contribution >= 0.6 is 23.6 Å². The quantitative estimate of drug-likeness (QED) is 0.788. The summed E-state index contributed by atoms with van der Waals surface area (Å²) in [6, 6.07) is 3.16. The van der Waals surface area contributed by atoms with Crippen LogP contribution in [-0.2, 0) is 10.0 Å². The third kappa shape index (κ3) is 4.01. The zero-order valence-electron chi connectivity index (χ0n) is 10.6. The van der Waals surface area contributed by atoms with Gasteiger partial charge in [0.2, 0.25) is 10.0 Å². The predicted octanol–water partition coefficient (Wildman–Crippen LogP) is 1.95. The molecule has 0 saturated heterocycles. The number of hydrogen-bond donors (Lipinski definition) is 2. The molecule has 7 heteroatoms. The van der Waals surface area contributed by atoms with Crippen molar-refractivity contribution in [2.75, 3.05) is 6.54 Å². The monoisotopic (exact) mass is 306 g/mol. The zero-order chi connectivity index (χ0) is 13.9. The van der Waals surface area contributed by atoms with Crippen molar-refractivity contribution in [2.24, 2.45) is 17.6 Å². The van der Waals surface area contributed by atoms with Crippen LogP contribution in [0.15, 0.2) is 16.3 Å². The molecule has 3 N–H and O–H groups in total. The number of sulfonamides is 1. The van der Waals surface area contributed by atoms with Crippen LogP contribution in [0, 0.1) is 11.8 Å². The predicted molar refractivity (Wildman–Crippen MR) is 79.4 cm³/mol. The minimum absolute atomic E-state index is 0.219. The smallest absolute Gasteiger partial charge is 0.250 e. The number of thiocarbonyl (C=S) groups is 1. The Morgan fingerprint density at radius 3 is 2.50 bits per heavy atom. The van der Waals surface area contributed by atoms with E-state index in [4.69, 9.17) is 18.0 Å². The van der Waals surface area contributed by atoms with Crippen LogP contribution in [0.3, 0.4) is 0 Å². The molecule has 1 atom stereocenters. The molecule has 1 aromatic heterocycles. The molecule has 0 bridgehead atoms. The molecule has 1 unspecified atom stereocenters. The van der Waals surface area contributed by atoms with Crippen LogP contribution in [0.1, 0.15) is 25.6 Å². The largest absolute Gasteiger partial charge is 0.389 e. The lowest BCUT2D eigenvalue weighted by atomic mass is 9.99. The number of thiophene rings is 1. The van der Waals surface area contributed by atoms with E-state index in [-0.39, 0.29) is 15.1 Å². The summed E-state index contributed by atoms with van der Waals surface area (Å²) in [7, 11) is -3.45. The Morgan fingerprint density at radius 1 is 1.44 bits per heavy atom. The summed E-state index contributed by atoms with van der Waals surface area (Å²) < 4.78 is 26.9. The van der Waals surface area contributed by atoms with Gasteiger partial charge in [0.25, 0.3) is 0 Å². The molecule has 0 aliphatic carbocycles. The van der Waals surface area contributed by atoms with Crippen molar-refractivity contribution in [3.8, 4) is 0 Å². The number of nitrogens with one attached hydrogen (secondary N) is 1. The van der Waals surface area contributed by atoms with Crippen molar-refractivity contribution in [1.82, 2.24) is 4.72 Å². The fourth-order valence-electron chi connectivity index (χ4n) is 1.14. The Kier molecular flexibility index (Phi) is 5.27. The first-order chi connectivity index (χ1) is 8.24. The molecule has 1 rings (SSSR count). The molecule has 0 aromatic carbocycles. The normalized spacial score (nSPS) is 13.8. The van der Waals surface area contributed by atoms with Crippen LogP contribution < -0.4 is 10.5 Å². The minimum atomic E-state index is -3.45. The summed E-state index contributed by atoms with van der Waals surface area (Å²) in [6.45, 7) is 6.58. The Balaban J connectivity index is 2.77. The molecule has 1 aromatic rings. The van der Waals surface area contributed by atoms with E-state index in [1.807, 2.05) is 6.92 Å². The maximum atomic E-state index is 12.0. The topological polar surface area (TPSA) is 72.2 Å². The molecule has 102 valence electrons. The number of hydrogen-bond acceptors (Lipinski definition) is 4. The Labute approximate surface area is 118 Å². The third-order valence-electron chi connectivity index (χ3n) is 2.82. The van der Waals surface area contributed by atoms with Gasteiger partial charge in [0.1, 0.15) is 9.20 Å². The summed E-state index contributed by atoms with van der Waals surface area (Å²) in [6.07, 6.45) is 0. The standard InChI is InChI=1S/C11H18N2O2S3/c1-7(2)8(3)6-13-18(14,15)10-5-4-9(17-10)11(12)16/h4-5,7-8,13H,6H2,1-3H3,(H2,12,16). The van der Waals surface area contributed by atoms with Crippen molar-refractivity contribution in [1.29, 1.82) is 0 Å². The Hall–Kier alpha value is -0.500. The van der Waals surface area contributed by atoms with Crippen molar-refractivity contribution < 1.29 is 8.42 Å². The Bertz CT molecular complexity index is 520. The lowest BCUT2D eigenvalue weighted by Gasteiger charge is -2.15. The average molecular weight is 306 g/mol.